The monoisotopic (exact) mass is 270 g/mol. The Kier molecular flexibility index (Phi) is 3.52. The highest BCUT2D eigenvalue weighted by atomic mass is 19.4. The summed E-state index contributed by atoms with van der Waals surface area (Å²) in [4.78, 5) is 7.83. The predicted octanol–water partition coefficient (Wildman–Crippen LogP) is 2.33. The molecule has 0 aliphatic rings. The Labute approximate surface area is 106 Å². The molecule has 0 atom stereocenters. The number of ether oxygens (including phenoxy) is 1. The Morgan fingerprint density at radius 2 is 1.79 bits per heavy atom. The number of alkyl halides is 3. The number of hydrazine groups is 1. The van der Waals surface area contributed by atoms with E-state index in [2.05, 4.69) is 20.1 Å². The number of hydrogen-bond donors (Lipinski definition) is 2. The van der Waals surface area contributed by atoms with E-state index >= 15 is 0 Å². The van der Waals surface area contributed by atoms with E-state index < -0.39 is 6.36 Å². The van der Waals surface area contributed by atoms with Gasteiger partial charge in [-0.1, -0.05) is 12.1 Å². The summed E-state index contributed by atoms with van der Waals surface area (Å²) in [5, 5.41) is 0. The Balaban J connectivity index is 2.50. The third-order valence-corrected chi connectivity index (χ3v) is 2.20. The summed E-state index contributed by atoms with van der Waals surface area (Å²) >= 11 is 0. The lowest BCUT2D eigenvalue weighted by molar-refractivity contribution is -0.274. The summed E-state index contributed by atoms with van der Waals surface area (Å²) in [5.74, 6) is 5.03. The molecule has 5 nitrogen and oxygen atoms in total. The number of nitrogen functional groups attached to an aromatic ring is 1. The second-order valence-electron chi connectivity index (χ2n) is 3.44. The fraction of sp³-hybridized carbons (Fsp3) is 0.0909. The van der Waals surface area contributed by atoms with Crippen LogP contribution in [0.3, 0.4) is 0 Å². The molecule has 2 rings (SSSR count). The average molecular weight is 270 g/mol. The molecule has 0 radical (unpaired) electrons. The second kappa shape index (κ2) is 5.11. The summed E-state index contributed by atoms with van der Waals surface area (Å²) < 4.78 is 40.9. The fourth-order valence-corrected chi connectivity index (χ4v) is 1.52. The van der Waals surface area contributed by atoms with Crippen LogP contribution in [0.1, 0.15) is 0 Å². The number of hydrogen-bond acceptors (Lipinski definition) is 5. The zero-order chi connectivity index (χ0) is 13.9. The number of nitrogens with two attached hydrogens (primary N) is 1. The fourth-order valence-electron chi connectivity index (χ4n) is 1.52. The first-order chi connectivity index (χ1) is 9.01. The van der Waals surface area contributed by atoms with Crippen molar-refractivity contribution < 1.29 is 17.9 Å². The average Bonchev–Trinajstić information content (AvgIpc) is 2.37. The van der Waals surface area contributed by atoms with E-state index in [0.717, 1.165) is 0 Å². The van der Waals surface area contributed by atoms with E-state index in [1.807, 2.05) is 0 Å². The molecule has 0 spiro atoms. The van der Waals surface area contributed by atoms with Gasteiger partial charge in [0.15, 0.2) is 5.82 Å². The van der Waals surface area contributed by atoms with Crippen LogP contribution in [-0.2, 0) is 0 Å². The van der Waals surface area contributed by atoms with Crippen molar-refractivity contribution in [2.24, 2.45) is 5.84 Å². The number of nitrogens with one attached hydrogen (secondary N) is 1. The van der Waals surface area contributed by atoms with Gasteiger partial charge in [0.05, 0.1) is 0 Å². The lowest BCUT2D eigenvalue weighted by Crippen LogP contribution is -2.18. The van der Waals surface area contributed by atoms with Crippen molar-refractivity contribution in [3.63, 3.8) is 0 Å². The molecule has 0 fully saturated rings. The molecule has 0 saturated carbocycles. The van der Waals surface area contributed by atoms with Crippen LogP contribution in [0.2, 0.25) is 0 Å². The molecule has 0 unspecified atom stereocenters. The van der Waals surface area contributed by atoms with Crippen molar-refractivity contribution in [1.82, 2.24) is 9.97 Å². The summed E-state index contributed by atoms with van der Waals surface area (Å²) in [6.07, 6.45) is -2.07. The molecule has 1 heterocycles. The molecule has 2 aromatic rings. The topological polar surface area (TPSA) is 73.1 Å². The molecule has 0 aliphatic heterocycles. The highest BCUT2D eigenvalue weighted by Crippen LogP contribution is 2.34. The lowest BCUT2D eigenvalue weighted by atomic mass is 10.1. The SMILES string of the molecule is NNc1nccnc1-c1ccccc1OC(F)(F)F. The molecule has 19 heavy (non-hydrogen) atoms. The van der Waals surface area contributed by atoms with Crippen LogP contribution in [-0.4, -0.2) is 16.3 Å². The van der Waals surface area contributed by atoms with Crippen LogP contribution in [0.5, 0.6) is 5.75 Å². The predicted molar refractivity (Wildman–Crippen MR) is 62.0 cm³/mol. The number of anilines is 1. The van der Waals surface area contributed by atoms with Gasteiger partial charge in [0.2, 0.25) is 0 Å². The molecular weight excluding hydrogens is 261 g/mol. The van der Waals surface area contributed by atoms with Crippen molar-refractivity contribution in [3.8, 4) is 17.0 Å². The number of aromatic nitrogens is 2. The van der Waals surface area contributed by atoms with Gasteiger partial charge in [-0.25, -0.2) is 10.8 Å². The van der Waals surface area contributed by atoms with Crippen LogP contribution in [0.25, 0.3) is 11.3 Å². The quantitative estimate of drug-likeness (QED) is 0.661. The van der Waals surface area contributed by atoms with Gasteiger partial charge in [-0.15, -0.1) is 13.2 Å². The Hall–Kier alpha value is -2.35. The molecule has 0 amide bonds. The molecule has 3 N–H and O–H groups in total. The van der Waals surface area contributed by atoms with Gasteiger partial charge in [0, 0.05) is 18.0 Å². The van der Waals surface area contributed by atoms with Crippen LogP contribution in [0.4, 0.5) is 19.0 Å². The second-order valence-corrected chi connectivity index (χ2v) is 3.44. The Morgan fingerprint density at radius 1 is 1.11 bits per heavy atom. The van der Waals surface area contributed by atoms with Gasteiger partial charge in [-0.3, -0.25) is 4.98 Å². The number of nitrogens with zero attached hydrogens (tertiary/aromatic N) is 2. The van der Waals surface area contributed by atoms with Crippen molar-refractivity contribution in [2.45, 2.75) is 6.36 Å². The van der Waals surface area contributed by atoms with Crippen LogP contribution in [0, 0.1) is 0 Å². The van der Waals surface area contributed by atoms with Crippen LogP contribution >= 0.6 is 0 Å². The molecule has 0 aliphatic carbocycles. The molecule has 1 aromatic heterocycles. The smallest absolute Gasteiger partial charge is 0.405 e. The van der Waals surface area contributed by atoms with E-state index in [4.69, 9.17) is 5.84 Å². The normalized spacial score (nSPS) is 11.2. The van der Waals surface area contributed by atoms with Crippen LogP contribution in [0.15, 0.2) is 36.7 Å². The van der Waals surface area contributed by atoms with Gasteiger partial charge in [0.25, 0.3) is 0 Å². The molecular formula is C11H9F3N4O. The summed E-state index contributed by atoms with van der Waals surface area (Å²) in [6.45, 7) is 0. The van der Waals surface area contributed by atoms with Gasteiger partial charge in [-0.05, 0) is 12.1 Å². The third-order valence-electron chi connectivity index (χ3n) is 2.20. The van der Waals surface area contributed by atoms with E-state index in [9.17, 15) is 13.2 Å². The molecule has 1 aromatic carbocycles. The lowest BCUT2D eigenvalue weighted by Gasteiger charge is -2.13. The minimum atomic E-state index is -4.78. The minimum absolute atomic E-state index is 0.140. The largest absolute Gasteiger partial charge is 0.573 e. The van der Waals surface area contributed by atoms with Crippen molar-refractivity contribution in [2.75, 3.05) is 5.43 Å². The standard InChI is InChI=1S/C11H9F3N4O/c12-11(13,14)19-8-4-2-1-3-7(8)9-10(18-15)17-6-5-16-9/h1-6H,15H2,(H,17,18). The third kappa shape index (κ3) is 3.10. The highest BCUT2D eigenvalue weighted by Gasteiger charge is 2.32. The van der Waals surface area contributed by atoms with E-state index in [1.165, 1.54) is 30.6 Å². The maximum atomic E-state index is 12.3. The maximum Gasteiger partial charge on any atom is 0.573 e. The van der Waals surface area contributed by atoms with E-state index in [0.29, 0.717) is 0 Å². The minimum Gasteiger partial charge on any atom is -0.405 e. The van der Waals surface area contributed by atoms with Crippen molar-refractivity contribution >= 4 is 5.82 Å². The van der Waals surface area contributed by atoms with Gasteiger partial charge < -0.3 is 10.2 Å². The summed E-state index contributed by atoms with van der Waals surface area (Å²) in [7, 11) is 0. The number of rotatable bonds is 3. The van der Waals surface area contributed by atoms with Gasteiger partial charge in [0.1, 0.15) is 11.4 Å². The van der Waals surface area contributed by atoms with Gasteiger partial charge >= 0.3 is 6.36 Å². The molecule has 0 saturated heterocycles. The van der Waals surface area contributed by atoms with E-state index in [-0.39, 0.29) is 22.8 Å². The maximum absolute atomic E-state index is 12.3. The molecule has 0 bridgehead atoms. The zero-order valence-electron chi connectivity index (χ0n) is 9.48. The molecule has 8 heteroatoms. The highest BCUT2D eigenvalue weighted by molar-refractivity contribution is 5.75. The molecule has 100 valence electrons. The Bertz CT molecular complexity index is 574. The first-order valence-electron chi connectivity index (χ1n) is 5.14. The van der Waals surface area contributed by atoms with E-state index in [1.54, 1.807) is 6.07 Å². The van der Waals surface area contributed by atoms with Crippen LogP contribution < -0.4 is 16.0 Å². The first kappa shape index (κ1) is 13.1. The number of benzene rings is 1. The Morgan fingerprint density at radius 3 is 2.47 bits per heavy atom. The first-order valence-corrected chi connectivity index (χ1v) is 5.14. The van der Waals surface area contributed by atoms with Crippen molar-refractivity contribution in [3.05, 3.63) is 36.7 Å². The summed E-state index contributed by atoms with van der Waals surface area (Å²) in [5.41, 5.74) is 2.58. The zero-order valence-corrected chi connectivity index (χ0v) is 9.48. The summed E-state index contributed by atoms with van der Waals surface area (Å²) in [6, 6.07) is 5.62. The number of halogens is 3. The van der Waals surface area contributed by atoms with Crippen molar-refractivity contribution in [1.29, 1.82) is 0 Å². The number of para-hydroxylation sites is 1. The van der Waals surface area contributed by atoms with Gasteiger partial charge in [-0.2, -0.15) is 0 Å².